The first kappa shape index (κ1) is 14.9. The van der Waals surface area contributed by atoms with Crippen molar-refractivity contribution in [2.24, 2.45) is 0 Å². The summed E-state index contributed by atoms with van der Waals surface area (Å²) in [6, 6.07) is 0. The van der Waals surface area contributed by atoms with Crippen molar-refractivity contribution < 1.29 is 28.6 Å². The summed E-state index contributed by atoms with van der Waals surface area (Å²) in [6.45, 7) is 1.86. The smallest absolute Gasteiger partial charge is 0.341 e. The third-order valence-electron chi connectivity index (χ3n) is 2.39. The van der Waals surface area contributed by atoms with Gasteiger partial charge >= 0.3 is 11.9 Å². The molecule has 0 saturated carbocycles. The quantitative estimate of drug-likeness (QED) is 0.787. The number of ether oxygens (including phenoxy) is 2. The number of hydrogen-bond acceptors (Lipinski definition) is 5. The third kappa shape index (κ3) is 3.64. The molecular weight excluding hydrogens is 257 g/mol. The maximum Gasteiger partial charge on any atom is 0.341 e. The van der Waals surface area contributed by atoms with E-state index in [9.17, 15) is 14.0 Å². The van der Waals surface area contributed by atoms with Gasteiger partial charge in [0.2, 0.25) is 5.88 Å². The van der Waals surface area contributed by atoms with Gasteiger partial charge < -0.3 is 14.6 Å². The van der Waals surface area contributed by atoms with Crippen LogP contribution in [-0.4, -0.2) is 35.7 Å². The second-order valence-electron chi connectivity index (χ2n) is 3.58. The van der Waals surface area contributed by atoms with E-state index in [0.717, 1.165) is 6.20 Å². The fourth-order valence-electron chi connectivity index (χ4n) is 1.59. The van der Waals surface area contributed by atoms with E-state index in [1.165, 1.54) is 7.11 Å². The number of rotatable bonds is 6. The normalized spacial score (nSPS) is 10.1. The minimum atomic E-state index is -1.36. The van der Waals surface area contributed by atoms with Gasteiger partial charge in [0.05, 0.1) is 19.9 Å². The Labute approximate surface area is 109 Å². The Morgan fingerprint density at radius 2 is 2.16 bits per heavy atom. The molecule has 0 bridgehead atoms. The van der Waals surface area contributed by atoms with E-state index in [-0.39, 0.29) is 36.5 Å². The summed E-state index contributed by atoms with van der Waals surface area (Å²) in [5.41, 5.74) is -0.487. The number of carbonyl (C=O) groups excluding carboxylic acids is 1. The Kier molecular flexibility index (Phi) is 5.23. The predicted molar refractivity (Wildman–Crippen MR) is 62.7 cm³/mol. The first-order valence-corrected chi connectivity index (χ1v) is 5.61. The highest BCUT2D eigenvalue weighted by molar-refractivity contribution is 5.92. The minimum absolute atomic E-state index is 0.0921. The fourth-order valence-corrected chi connectivity index (χ4v) is 1.59. The minimum Gasteiger partial charge on any atom is -0.480 e. The molecule has 19 heavy (non-hydrogen) atoms. The highest BCUT2D eigenvalue weighted by Gasteiger charge is 2.22. The lowest BCUT2D eigenvalue weighted by molar-refractivity contribution is -0.143. The van der Waals surface area contributed by atoms with Crippen LogP contribution >= 0.6 is 0 Å². The predicted octanol–water partition coefficient (Wildman–Crippen LogP) is 1.42. The van der Waals surface area contributed by atoms with Crippen molar-refractivity contribution in [1.29, 1.82) is 0 Å². The topological polar surface area (TPSA) is 85.7 Å². The van der Waals surface area contributed by atoms with Crippen LogP contribution in [0.3, 0.4) is 0 Å². The van der Waals surface area contributed by atoms with Crippen molar-refractivity contribution >= 4 is 11.9 Å². The number of nitrogens with zero attached hydrogens (tertiary/aromatic N) is 1. The largest absolute Gasteiger partial charge is 0.480 e. The third-order valence-corrected chi connectivity index (χ3v) is 2.39. The number of carboxylic acid groups (broad SMARTS) is 1. The number of aromatic carboxylic acids is 1. The number of hydrogen-bond donors (Lipinski definition) is 1. The molecule has 1 heterocycles. The van der Waals surface area contributed by atoms with Crippen LogP contribution in [0.5, 0.6) is 5.88 Å². The summed E-state index contributed by atoms with van der Waals surface area (Å²) in [6.07, 6.45) is 0.662. The molecule has 0 saturated heterocycles. The molecule has 7 heteroatoms. The average Bonchev–Trinajstić information content (AvgIpc) is 2.37. The summed E-state index contributed by atoms with van der Waals surface area (Å²) < 4.78 is 23.1. The van der Waals surface area contributed by atoms with Gasteiger partial charge in [0.15, 0.2) is 0 Å². The maximum atomic E-state index is 13.6. The molecular formula is C12H14FNO5. The Morgan fingerprint density at radius 3 is 2.68 bits per heavy atom. The molecule has 1 rings (SSSR count). The SMILES string of the molecule is CCOC(=O)CCc1c(F)cnc(OC)c1C(=O)O. The van der Waals surface area contributed by atoms with Gasteiger partial charge in [-0.3, -0.25) is 4.79 Å². The van der Waals surface area contributed by atoms with Crippen LogP contribution in [0, 0.1) is 5.82 Å². The Balaban J connectivity index is 3.04. The number of carbonyl (C=O) groups is 2. The molecule has 1 aromatic rings. The van der Waals surface area contributed by atoms with Gasteiger partial charge in [0.25, 0.3) is 0 Å². The van der Waals surface area contributed by atoms with E-state index in [1.807, 2.05) is 0 Å². The van der Waals surface area contributed by atoms with Crippen molar-refractivity contribution in [2.75, 3.05) is 13.7 Å². The summed E-state index contributed by atoms with van der Waals surface area (Å²) >= 11 is 0. The number of methoxy groups -OCH3 is 1. The molecule has 0 aliphatic rings. The van der Waals surface area contributed by atoms with Crippen LogP contribution in [0.2, 0.25) is 0 Å². The second-order valence-corrected chi connectivity index (χ2v) is 3.58. The van der Waals surface area contributed by atoms with Crippen LogP contribution in [-0.2, 0) is 16.0 Å². The molecule has 1 aromatic heterocycles. The average molecular weight is 271 g/mol. The highest BCUT2D eigenvalue weighted by atomic mass is 19.1. The van der Waals surface area contributed by atoms with Gasteiger partial charge in [0.1, 0.15) is 11.4 Å². The number of halogens is 1. The first-order valence-electron chi connectivity index (χ1n) is 5.61. The van der Waals surface area contributed by atoms with Crippen LogP contribution in [0.25, 0.3) is 0 Å². The van der Waals surface area contributed by atoms with Crippen molar-refractivity contribution in [3.05, 3.63) is 23.1 Å². The molecule has 0 atom stereocenters. The summed E-state index contributed by atoms with van der Waals surface area (Å²) in [5.74, 6) is -2.85. The number of carboxylic acids is 1. The summed E-state index contributed by atoms with van der Waals surface area (Å²) in [4.78, 5) is 25.9. The molecule has 0 unspecified atom stereocenters. The zero-order valence-electron chi connectivity index (χ0n) is 10.6. The molecule has 0 aliphatic heterocycles. The zero-order valence-corrected chi connectivity index (χ0v) is 10.6. The second kappa shape index (κ2) is 6.67. The molecule has 6 nitrogen and oxygen atoms in total. The molecule has 0 radical (unpaired) electrons. The summed E-state index contributed by atoms with van der Waals surface area (Å²) in [7, 11) is 1.24. The number of pyridine rings is 1. The van der Waals surface area contributed by atoms with Gasteiger partial charge in [-0.15, -0.1) is 0 Å². The fraction of sp³-hybridized carbons (Fsp3) is 0.417. The molecule has 0 fully saturated rings. The van der Waals surface area contributed by atoms with Crippen molar-refractivity contribution in [3.8, 4) is 5.88 Å². The van der Waals surface area contributed by atoms with E-state index in [1.54, 1.807) is 6.92 Å². The Hall–Kier alpha value is -2.18. The van der Waals surface area contributed by atoms with Gasteiger partial charge in [-0.25, -0.2) is 14.2 Å². The molecule has 0 spiro atoms. The van der Waals surface area contributed by atoms with Gasteiger partial charge in [-0.1, -0.05) is 0 Å². The van der Waals surface area contributed by atoms with Crippen LogP contribution in [0.1, 0.15) is 29.3 Å². The molecule has 104 valence electrons. The molecule has 1 N–H and O–H groups in total. The Bertz CT molecular complexity index is 489. The standard InChI is InChI=1S/C12H14FNO5/c1-3-19-9(15)5-4-7-8(13)6-14-11(18-2)10(7)12(16)17/h6H,3-5H2,1-2H3,(H,16,17). The van der Waals surface area contributed by atoms with E-state index in [0.29, 0.717) is 0 Å². The van der Waals surface area contributed by atoms with Crippen LogP contribution in [0.4, 0.5) is 4.39 Å². The number of aromatic nitrogens is 1. The lowest BCUT2D eigenvalue weighted by Gasteiger charge is -2.10. The first-order chi connectivity index (χ1) is 9.01. The van der Waals surface area contributed by atoms with Gasteiger partial charge in [-0.05, 0) is 13.3 Å². The van der Waals surface area contributed by atoms with Crippen molar-refractivity contribution in [2.45, 2.75) is 19.8 Å². The van der Waals surface area contributed by atoms with Crippen molar-refractivity contribution in [3.63, 3.8) is 0 Å². The lowest BCUT2D eigenvalue weighted by Crippen LogP contribution is -2.12. The van der Waals surface area contributed by atoms with E-state index < -0.39 is 17.8 Å². The highest BCUT2D eigenvalue weighted by Crippen LogP contribution is 2.23. The molecule has 0 amide bonds. The summed E-state index contributed by atoms with van der Waals surface area (Å²) in [5, 5.41) is 9.07. The van der Waals surface area contributed by atoms with Gasteiger partial charge in [0, 0.05) is 12.0 Å². The van der Waals surface area contributed by atoms with Crippen LogP contribution < -0.4 is 4.74 Å². The molecule has 0 aliphatic carbocycles. The van der Waals surface area contributed by atoms with E-state index >= 15 is 0 Å². The maximum absolute atomic E-state index is 13.6. The van der Waals surface area contributed by atoms with Crippen LogP contribution in [0.15, 0.2) is 6.20 Å². The Morgan fingerprint density at radius 1 is 1.47 bits per heavy atom. The van der Waals surface area contributed by atoms with Gasteiger partial charge in [-0.2, -0.15) is 0 Å². The van der Waals surface area contributed by atoms with E-state index in [4.69, 9.17) is 14.6 Å². The van der Waals surface area contributed by atoms with Crippen molar-refractivity contribution in [1.82, 2.24) is 4.98 Å². The zero-order chi connectivity index (χ0) is 14.4. The number of esters is 1. The monoisotopic (exact) mass is 271 g/mol. The van der Waals surface area contributed by atoms with E-state index in [2.05, 4.69) is 4.98 Å². The lowest BCUT2D eigenvalue weighted by atomic mass is 10.0. The molecule has 0 aromatic carbocycles.